The molecule has 1 saturated carbocycles. The van der Waals surface area contributed by atoms with Crippen LogP contribution in [-0.4, -0.2) is 23.2 Å². The van der Waals surface area contributed by atoms with E-state index >= 15 is 0 Å². The van der Waals surface area contributed by atoms with E-state index in [9.17, 15) is 9.90 Å². The van der Waals surface area contributed by atoms with Gasteiger partial charge in [-0.25, -0.2) is 0 Å². The Bertz CT molecular complexity index is 508. The first-order valence-electron chi connectivity index (χ1n) is 7.30. The lowest BCUT2D eigenvalue weighted by atomic mass is 9.92. The van der Waals surface area contributed by atoms with Gasteiger partial charge < -0.3 is 10.4 Å². The number of rotatable bonds is 3. The number of aliphatic hydroxyl groups is 1. The molecule has 3 nitrogen and oxygen atoms in total. The topological polar surface area (TPSA) is 49.3 Å². The molecule has 0 heterocycles. The van der Waals surface area contributed by atoms with Crippen molar-refractivity contribution in [1.82, 2.24) is 5.32 Å². The van der Waals surface area contributed by atoms with Gasteiger partial charge in [-0.15, -0.1) is 0 Å². The standard InChI is InChI=1S/C17H23NO2/c1-12-7-8-14(13(2)11-12)9-10-17(20)18-15-5-3-4-6-16(15)19/h7-11,15-16,19H,3-6H2,1-2H3,(H,18,20)/b10-9+/t15-,16-/m0/s1. The maximum absolute atomic E-state index is 11.9. The number of aliphatic hydroxyl groups excluding tert-OH is 1. The summed E-state index contributed by atoms with van der Waals surface area (Å²) in [6.07, 6.45) is 6.76. The molecule has 2 rings (SSSR count). The third-order valence-electron chi connectivity index (χ3n) is 3.90. The SMILES string of the molecule is Cc1ccc(/C=C/C(=O)N[C@H]2CCCC[C@@H]2O)c(C)c1. The third-order valence-corrected chi connectivity index (χ3v) is 3.90. The van der Waals surface area contributed by atoms with Crippen molar-refractivity contribution >= 4 is 12.0 Å². The minimum Gasteiger partial charge on any atom is -0.391 e. The van der Waals surface area contributed by atoms with E-state index in [0.29, 0.717) is 0 Å². The molecule has 0 unspecified atom stereocenters. The van der Waals surface area contributed by atoms with Crippen molar-refractivity contribution in [1.29, 1.82) is 0 Å². The minimum atomic E-state index is -0.401. The van der Waals surface area contributed by atoms with E-state index in [1.54, 1.807) is 6.08 Å². The highest BCUT2D eigenvalue weighted by molar-refractivity contribution is 5.92. The number of hydrogen-bond acceptors (Lipinski definition) is 2. The highest BCUT2D eigenvalue weighted by atomic mass is 16.3. The summed E-state index contributed by atoms with van der Waals surface area (Å²) in [5.74, 6) is -0.129. The van der Waals surface area contributed by atoms with Gasteiger partial charge in [-0.05, 0) is 43.9 Å². The average molecular weight is 273 g/mol. The van der Waals surface area contributed by atoms with E-state index in [0.717, 1.165) is 36.8 Å². The number of carbonyl (C=O) groups excluding carboxylic acids is 1. The Kier molecular flexibility index (Phi) is 4.96. The van der Waals surface area contributed by atoms with E-state index in [1.807, 2.05) is 25.1 Å². The molecule has 20 heavy (non-hydrogen) atoms. The highest BCUT2D eigenvalue weighted by Crippen LogP contribution is 2.18. The highest BCUT2D eigenvalue weighted by Gasteiger charge is 2.23. The molecule has 0 saturated heterocycles. The zero-order valence-electron chi connectivity index (χ0n) is 12.2. The molecule has 2 atom stereocenters. The fourth-order valence-electron chi connectivity index (χ4n) is 2.69. The number of benzene rings is 1. The van der Waals surface area contributed by atoms with Gasteiger partial charge in [0.05, 0.1) is 12.1 Å². The van der Waals surface area contributed by atoms with Crippen molar-refractivity contribution in [3.63, 3.8) is 0 Å². The first kappa shape index (κ1) is 14.8. The lowest BCUT2D eigenvalue weighted by Crippen LogP contribution is -2.44. The van der Waals surface area contributed by atoms with Crippen molar-refractivity contribution in [2.24, 2.45) is 0 Å². The average Bonchev–Trinajstić information content (AvgIpc) is 2.40. The van der Waals surface area contributed by atoms with Crippen molar-refractivity contribution in [3.8, 4) is 0 Å². The van der Waals surface area contributed by atoms with Crippen LogP contribution in [0, 0.1) is 13.8 Å². The Hall–Kier alpha value is -1.61. The normalized spacial score (nSPS) is 22.9. The molecular formula is C17H23NO2. The second-order valence-corrected chi connectivity index (χ2v) is 5.66. The van der Waals surface area contributed by atoms with Crippen LogP contribution < -0.4 is 5.32 Å². The maximum Gasteiger partial charge on any atom is 0.244 e. The predicted octanol–water partition coefficient (Wildman–Crippen LogP) is 2.74. The summed E-state index contributed by atoms with van der Waals surface area (Å²) in [6.45, 7) is 4.09. The molecule has 1 amide bonds. The van der Waals surface area contributed by atoms with Gasteiger partial charge in [-0.2, -0.15) is 0 Å². The molecule has 0 aromatic heterocycles. The molecule has 1 aromatic rings. The van der Waals surface area contributed by atoms with E-state index in [-0.39, 0.29) is 11.9 Å². The van der Waals surface area contributed by atoms with Crippen molar-refractivity contribution in [2.45, 2.75) is 51.7 Å². The summed E-state index contributed by atoms with van der Waals surface area (Å²) < 4.78 is 0. The molecule has 0 spiro atoms. The number of amides is 1. The van der Waals surface area contributed by atoms with Crippen LogP contribution in [0.1, 0.15) is 42.4 Å². The lowest BCUT2D eigenvalue weighted by Gasteiger charge is -2.27. The molecule has 1 fully saturated rings. The van der Waals surface area contributed by atoms with Crippen LogP contribution in [0.15, 0.2) is 24.3 Å². The Morgan fingerprint density at radius 1 is 1.30 bits per heavy atom. The molecule has 108 valence electrons. The van der Waals surface area contributed by atoms with Gasteiger partial charge in [-0.3, -0.25) is 4.79 Å². The Labute approximate surface area is 120 Å². The van der Waals surface area contributed by atoms with Gasteiger partial charge >= 0.3 is 0 Å². The van der Waals surface area contributed by atoms with Gasteiger partial charge in [0.2, 0.25) is 5.91 Å². The summed E-state index contributed by atoms with van der Waals surface area (Å²) in [5, 5.41) is 12.7. The monoisotopic (exact) mass is 273 g/mol. The largest absolute Gasteiger partial charge is 0.391 e. The lowest BCUT2D eigenvalue weighted by molar-refractivity contribution is -0.118. The quantitative estimate of drug-likeness (QED) is 0.832. The van der Waals surface area contributed by atoms with Crippen molar-refractivity contribution in [3.05, 3.63) is 41.0 Å². The molecule has 0 aliphatic heterocycles. The van der Waals surface area contributed by atoms with Crippen LogP contribution in [0.3, 0.4) is 0 Å². The van der Waals surface area contributed by atoms with Crippen molar-refractivity contribution in [2.75, 3.05) is 0 Å². The molecule has 3 heteroatoms. The summed E-state index contributed by atoms with van der Waals surface area (Å²) in [5.41, 5.74) is 3.43. The van der Waals surface area contributed by atoms with Gasteiger partial charge in [0.25, 0.3) is 0 Å². The molecule has 1 aromatic carbocycles. The molecule has 0 bridgehead atoms. The fourth-order valence-corrected chi connectivity index (χ4v) is 2.69. The number of aryl methyl sites for hydroxylation is 2. The smallest absolute Gasteiger partial charge is 0.244 e. The molecular weight excluding hydrogens is 250 g/mol. The van der Waals surface area contributed by atoms with Gasteiger partial charge in [-0.1, -0.05) is 36.6 Å². The zero-order valence-corrected chi connectivity index (χ0v) is 12.2. The van der Waals surface area contributed by atoms with Gasteiger partial charge in [0.1, 0.15) is 0 Å². The summed E-state index contributed by atoms with van der Waals surface area (Å²) >= 11 is 0. The Morgan fingerprint density at radius 3 is 2.75 bits per heavy atom. The minimum absolute atomic E-state index is 0.0972. The van der Waals surface area contributed by atoms with Crippen LogP contribution in [0.2, 0.25) is 0 Å². The molecule has 1 aliphatic rings. The number of nitrogens with one attached hydrogen (secondary N) is 1. The van der Waals surface area contributed by atoms with Crippen molar-refractivity contribution < 1.29 is 9.90 Å². The number of carbonyl (C=O) groups is 1. The third kappa shape index (κ3) is 3.94. The fraction of sp³-hybridized carbons (Fsp3) is 0.471. The first-order chi connectivity index (χ1) is 9.56. The predicted molar refractivity (Wildman–Crippen MR) is 81.4 cm³/mol. The van der Waals surface area contributed by atoms with E-state index in [4.69, 9.17) is 0 Å². The van der Waals surface area contributed by atoms with Crippen LogP contribution in [0.4, 0.5) is 0 Å². The van der Waals surface area contributed by atoms with Crippen LogP contribution in [0.5, 0.6) is 0 Å². The van der Waals surface area contributed by atoms with Crippen LogP contribution in [0.25, 0.3) is 6.08 Å². The van der Waals surface area contributed by atoms with Crippen LogP contribution >= 0.6 is 0 Å². The summed E-state index contributed by atoms with van der Waals surface area (Å²) in [7, 11) is 0. The molecule has 1 aliphatic carbocycles. The van der Waals surface area contributed by atoms with E-state index in [2.05, 4.69) is 18.3 Å². The number of hydrogen-bond donors (Lipinski definition) is 2. The molecule has 0 radical (unpaired) electrons. The zero-order chi connectivity index (χ0) is 14.5. The van der Waals surface area contributed by atoms with Gasteiger partial charge in [0.15, 0.2) is 0 Å². The first-order valence-corrected chi connectivity index (χ1v) is 7.30. The summed E-state index contributed by atoms with van der Waals surface area (Å²) in [4.78, 5) is 11.9. The second kappa shape index (κ2) is 6.71. The summed E-state index contributed by atoms with van der Waals surface area (Å²) in [6, 6.07) is 6.06. The second-order valence-electron chi connectivity index (χ2n) is 5.66. The van der Waals surface area contributed by atoms with Crippen LogP contribution in [-0.2, 0) is 4.79 Å². The maximum atomic E-state index is 11.9. The van der Waals surface area contributed by atoms with Gasteiger partial charge in [0, 0.05) is 6.08 Å². The van der Waals surface area contributed by atoms with E-state index < -0.39 is 6.10 Å². The van der Waals surface area contributed by atoms with E-state index in [1.165, 1.54) is 5.56 Å². The Balaban J connectivity index is 1.95. The Morgan fingerprint density at radius 2 is 2.05 bits per heavy atom. The molecule has 2 N–H and O–H groups in total.